The van der Waals surface area contributed by atoms with Crippen molar-refractivity contribution in [2.24, 2.45) is 5.92 Å². The van der Waals surface area contributed by atoms with Gasteiger partial charge in [-0.25, -0.2) is 4.79 Å². The van der Waals surface area contributed by atoms with Crippen molar-refractivity contribution in [1.82, 2.24) is 15.5 Å². The predicted octanol–water partition coefficient (Wildman–Crippen LogP) is 1.94. The van der Waals surface area contributed by atoms with Crippen LogP contribution in [-0.4, -0.2) is 41.4 Å². The maximum atomic E-state index is 12.5. The highest BCUT2D eigenvalue weighted by Gasteiger charge is 2.43. The fraction of sp³-hybridized carbons (Fsp3) is 0.824. The Kier molecular flexibility index (Phi) is 5.18. The molecule has 3 aliphatic rings. The lowest BCUT2D eigenvalue weighted by atomic mass is 9.84. The van der Waals surface area contributed by atoms with E-state index >= 15 is 0 Å². The average Bonchev–Trinajstić information content (AvgIpc) is 2.85. The molecule has 2 aliphatic carbocycles. The van der Waals surface area contributed by atoms with Gasteiger partial charge in [-0.15, -0.1) is 0 Å². The van der Waals surface area contributed by atoms with Crippen molar-refractivity contribution >= 4 is 17.8 Å². The topological polar surface area (TPSA) is 78.5 Å². The Balaban J connectivity index is 1.53. The summed E-state index contributed by atoms with van der Waals surface area (Å²) in [7, 11) is 0. The van der Waals surface area contributed by atoms with Gasteiger partial charge in [0.05, 0.1) is 0 Å². The Morgan fingerprint density at radius 3 is 2.26 bits per heavy atom. The number of rotatable bonds is 4. The van der Waals surface area contributed by atoms with Crippen molar-refractivity contribution in [2.45, 2.75) is 76.3 Å². The SMILES string of the molecule is O=C(CN1C(=O)N[C@@H](C2CCCCC2)C1=O)NC1CCCCC1. The highest BCUT2D eigenvalue weighted by molar-refractivity contribution is 6.06. The van der Waals surface area contributed by atoms with Crippen LogP contribution in [0.3, 0.4) is 0 Å². The largest absolute Gasteiger partial charge is 0.352 e. The summed E-state index contributed by atoms with van der Waals surface area (Å²) in [6, 6.07) is -0.638. The van der Waals surface area contributed by atoms with Gasteiger partial charge >= 0.3 is 6.03 Å². The molecule has 1 saturated heterocycles. The van der Waals surface area contributed by atoms with E-state index in [1.54, 1.807) is 0 Å². The molecule has 1 aliphatic heterocycles. The molecule has 0 aromatic heterocycles. The number of imide groups is 1. The Morgan fingerprint density at radius 1 is 1.00 bits per heavy atom. The van der Waals surface area contributed by atoms with Crippen LogP contribution in [0.5, 0.6) is 0 Å². The van der Waals surface area contributed by atoms with E-state index in [2.05, 4.69) is 10.6 Å². The van der Waals surface area contributed by atoms with E-state index in [1.165, 1.54) is 12.8 Å². The van der Waals surface area contributed by atoms with Crippen LogP contribution in [0.15, 0.2) is 0 Å². The van der Waals surface area contributed by atoms with Gasteiger partial charge in [0.25, 0.3) is 5.91 Å². The highest BCUT2D eigenvalue weighted by atomic mass is 16.2. The average molecular weight is 321 g/mol. The number of carbonyl (C=O) groups excluding carboxylic acids is 3. The van der Waals surface area contributed by atoms with Crippen molar-refractivity contribution in [3.8, 4) is 0 Å². The third kappa shape index (κ3) is 3.85. The fourth-order valence-corrected chi connectivity index (χ4v) is 4.14. The van der Waals surface area contributed by atoms with Gasteiger partial charge in [0.2, 0.25) is 5.91 Å². The van der Waals surface area contributed by atoms with Gasteiger partial charge in [0.1, 0.15) is 12.6 Å². The summed E-state index contributed by atoms with van der Waals surface area (Å²) in [4.78, 5) is 37.8. The summed E-state index contributed by atoms with van der Waals surface area (Å²) in [5.74, 6) is -0.211. The van der Waals surface area contributed by atoms with Crippen molar-refractivity contribution in [2.75, 3.05) is 6.54 Å². The number of hydrogen-bond donors (Lipinski definition) is 2. The van der Waals surface area contributed by atoms with E-state index in [1.807, 2.05) is 0 Å². The zero-order valence-corrected chi connectivity index (χ0v) is 13.7. The normalized spacial score (nSPS) is 27.1. The third-order valence-electron chi connectivity index (χ3n) is 5.45. The Bertz CT molecular complexity index is 468. The molecule has 23 heavy (non-hydrogen) atoms. The maximum Gasteiger partial charge on any atom is 0.325 e. The van der Waals surface area contributed by atoms with Gasteiger partial charge in [-0.05, 0) is 31.6 Å². The van der Waals surface area contributed by atoms with Crippen molar-refractivity contribution < 1.29 is 14.4 Å². The minimum Gasteiger partial charge on any atom is -0.352 e. The minimum atomic E-state index is -0.426. The molecule has 1 atom stereocenters. The van der Waals surface area contributed by atoms with Gasteiger partial charge in [0.15, 0.2) is 0 Å². The summed E-state index contributed by atoms with van der Waals surface area (Å²) in [6.45, 7) is -0.148. The van der Waals surface area contributed by atoms with E-state index in [0.29, 0.717) is 0 Å². The molecule has 0 unspecified atom stereocenters. The predicted molar refractivity (Wildman–Crippen MR) is 85.6 cm³/mol. The number of urea groups is 1. The van der Waals surface area contributed by atoms with Gasteiger partial charge < -0.3 is 10.6 Å². The van der Waals surface area contributed by atoms with Gasteiger partial charge in [-0.3, -0.25) is 14.5 Å². The molecule has 6 nitrogen and oxygen atoms in total. The van der Waals surface area contributed by atoms with Crippen molar-refractivity contribution in [3.63, 3.8) is 0 Å². The van der Waals surface area contributed by atoms with E-state index in [9.17, 15) is 14.4 Å². The van der Waals surface area contributed by atoms with Crippen LogP contribution < -0.4 is 10.6 Å². The fourth-order valence-electron chi connectivity index (χ4n) is 4.14. The number of carbonyl (C=O) groups is 3. The van der Waals surface area contributed by atoms with Crippen LogP contribution in [-0.2, 0) is 9.59 Å². The summed E-state index contributed by atoms with van der Waals surface area (Å²) in [5, 5.41) is 5.76. The van der Waals surface area contributed by atoms with Crippen LogP contribution in [0.25, 0.3) is 0 Å². The molecular formula is C17H27N3O3. The third-order valence-corrected chi connectivity index (χ3v) is 5.45. The molecule has 0 aromatic rings. The Hall–Kier alpha value is -1.59. The van der Waals surface area contributed by atoms with Crippen molar-refractivity contribution in [1.29, 1.82) is 0 Å². The second-order valence-electron chi connectivity index (χ2n) is 7.15. The molecule has 6 heteroatoms. The van der Waals surface area contributed by atoms with Crippen LogP contribution in [0.2, 0.25) is 0 Å². The number of nitrogens with one attached hydrogen (secondary N) is 2. The highest BCUT2D eigenvalue weighted by Crippen LogP contribution is 2.29. The molecule has 128 valence electrons. The lowest BCUT2D eigenvalue weighted by Crippen LogP contribution is -2.45. The molecular weight excluding hydrogens is 294 g/mol. The Morgan fingerprint density at radius 2 is 1.61 bits per heavy atom. The Labute approximate surface area is 137 Å². The van der Waals surface area contributed by atoms with Gasteiger partial charge in [0, 0.05) is 6.04 Å². The molecule has 0 aromatic carbocycles. The molecule has 0 radical (unpaired) electrons. The van der Waals surface area contributed by atoms with Crippen LogP contribution in [0.4, 0.5) is 4.79 Å². The number of amides is 4. The molecule has 4 amide bonds. The first kappa shape index (κ1) is 16.3. The molecule has 2 saturated carbocycles. The summed E-state index contributed by atoms with van der Waals surface area (Å²) >= 11 is 0. The maximum absolute atomic E-state index is 12.5. The molecule has 0 spiro atoms. The van der Waals surface area contributed by atoms with E-state index in [4.69, 9.17) is 0 Å². The molecule has 0 bridgehead atoms. The van der Waals surface area contributed by atoms with Crippen molar-refractivity contribution in [3.05, 3.63) is 0 Å². The zero-order chi connectivity index (χ0) is 16.2. The monoisotopic (exact) mass is 321 g/mol. The molecule has 1 heterocycles. The first-order valence-electron chi connectivity index (χ1n) is 9.06. The lowest BCUT2D eigenvalue weighted by molar-refractivity contribution is -0.133. The van der Waals surface area contributed by atoms with Gasteiger partial charge in [-0.1, -0.05) is 38.5 Å². The van der Waals surface area contributed by atoms with Crippen LogP contribution in [0, 0.1) is 5.92 Å². The van der Waals surface area contributed by atoms with E-state index < -0.39 is 12.1 Å². The molecule has 2 N–H and O–H groups in total. The van der Waals surface area contributed by atoms with Crippen LogP contribution >= 0.6 is 0 Å². The first-order valence-corrected chi connectivity index (χ1v) is 9.06. The van der Waals surface area contributed by atoms with Crippen LogP contribution in [0.1, 0.15) is 64.2 Å². The lowest BCUT2D eigenvalue weighted by Gasteiger charge is -2.26. The van der Waals surface area contributed by atoms with Gasteiger partial charge in [-0.2, -0.15) is 0 Å². The summed E-state index contributed by atoms with van der Waals surface area (Å²) in [6.07, 6.45) is 10.9. The molecule has 3 fully saturated rings. The first-order chi connectivity index (χ1) is 11.1. The molecule has 3 rings (SSSR count). The van der Waals surface area contributed by atoms with E-state index in [-0.39, 0.29) is 30.3 Å². The standard InChI is InChI=1S/C17H27N3O3/c21-14(18-13-9-5-2-6-10-13)11-20-16(22)15(19-17(20)23)12-7-3-1-4-8-12/h12-13,15H,1-11H2,(H,18,21)(H,19,23)/t15-/m0/s1. The van der Waals surface area contributed by atoms with E-state index in [0.717, 1.165) is 56.3 Å². The second-order valence-corrected chi connectivity index (χ2v) is 7.15. The summed E-state index contributed by atoms with van der Waals surface area (Å²) < 4.78 is 0. The smallest absolute Gasteiger partial charge is 0.325 e. The zero-order valence-electron chi connectivity index (χ0n) is 13.7. The quantitative estimate of drug-likeness (QED) is 0.777. The second kappa shape index (κ2) is 7.32. The number of hydrogen-bond acceptors (Lipinski definition) is 3. The number of nitrogens with zero attached hydrogens (tertiary/aromatic N) is 1. The minimum absolute atomic E-state index is 0.148. The summed E-state index contributed by atoms with van der Waals surface area (Å²) in [5.41, 5.74) is 0.